The van der Waals surface area contributed by atoms with Gasteiger partial charge in [-0.2, -0.15) is 0 Å². The minimum Gasteiger partial charge on any atom is -0.395 e. The Morgan fingerprint density at radius 1 is 1.18 bits per heavy atom. The van der Waals surface area contributed by atoms with Gasteiger partial charge in [-0.3, -0.25) is 0 Å². The highest BCUT2D eigenvalue weighted by Crippen LogP contribution is 2.44. The first-order valence-electron chi connectivity index (χ1n) is 6.05. The number of aliphatic hydroxyl groups is 1. The largest absolute Gasteiger partial charge is 0.395 e. The van der Waals surface area contributed by atoms with E-state index in [1.165, 1.54) is 6.07 Å². The molecule has 0 bridgehead atoms. The van der Waals surface area contributed by atoms with Gasteiger partial charge in [-0.25, -0.2) is 4.39 Å². The van der Waals surface area contributed by atoms with Crippen LogP contribution < -0.4 is 0 Å². The Balaban J connectivity index is 2.16. The summed E-state index contributed by atoms with van der Waals surface area (Å²) < 4.78 is 13.7. The highest BCUT2D eigenvalue weighted by Gasteiger charge is 2.38. The Labute approximate surface area is 99.9 Å². The lowest BCUT2D eigenvalue weighted by molar-refractivity contribution is 0.120. The molecule has 1 aliphatic rings. The first kappa shape index (κ1) is 10.7. The van der Waals surface area contributed by atoms with Crippen LogP contribution in [0.15, 0.2) is 36.4 Å². The molecule has 88 valence electrons. The molecule has 1 nitrogen and oxygen atoms in total. The van der Waals surface area contributed by atoms with Crippen LogP contribution in [-0.2, 0) is 5.41 Å². The molecule has 1 fully saturated rings. The Kier molecular flexibility index (Phi) is 2.40. The summed E-state index contributed by atoms with van der Waals surface area (Å²) in [6, 6.07) is 11.0. The van der Waals surface area contributed by atoms with E-state index >= 15 is 0 Å². The van der Waals surface area contributed by atoms with E-state index in [-0.39, 0.29) is 17.8 Å². The van der Waals surface area contributed by atoms with Gasteiger partial charge in [0.05, 0.1) is 6.61 Å². The van der Waals surface area contributed by atoms with E-state index in [0.717, 1.165) is 30.2 Å². The van der Waals surface area contributed by atoms with Gasteiger partial charge in [-0.15, -0.1) is 0 Å². The molecule has 2 aromatic carbocycles. The fourth-order valence-corrected chi connectivity index (χ4v) is 2.71. The molecule has 0 heterocycles. The van der Waals surface area contributed by atoms with Gasteiger partial charge in [0.1, 0.15) is 5.82 Å². The number of hydrogen-bond acceptors (Lipinski definition) is 1. The zero-order chi connectivity index (χ0) is 11.9. The summed E-state index contributed by atoms with van der Waals surface area (Å²) in [5.74, 6) is -0.184. The highest BCUT2D eigenvalue weighted by molar-refractivity contribution is 5.84. The normalized spacial score (nSPS) is 18.0. The molecule has 2 heteroatoms. The minimum absolute atomic E-state index is 0.115. The molecule has 0 saturated heterocycles. The molecule has 0 unspecified atom stereocenters. The van der Waals surface area contributed by atoms with Crippen molar-refractivity contribution in [2.45, 2.75) is 24.7 Å². The quantitative estimate of drug-likeness (QED) is 0.838. The maximum atomic E-state index is 13.7. The molecule has 0 aromatic heterocycles. The zero-order valence-electron chi connectivity index (χ0n) is 9.62. The SMILES string of the molecule is OCC1(c2ccc3cccc(F)c3c2)CCC1. The maximum absolute atomic E-state index is 13.7. The summed E-state index contributed by atoms with van der Waals surface area (Å²) in [6.07, 6.45) is 3.16. The van der Waals surface area contributed by atoms with Crippen molar-refractivity contribution < 1.29 is 9.50 Å². The Hall–Kier alpha value is -1.41. The summed E-state index contributed by atoms with van der Waals surface area (Å²) in [7, 11) is 0. The number of aliphatic hydroxyl groups excluding tert-OH is 1. The third kappa shape index (κ3) is 1.55. The average Bonchev–Trinajstić information content (AvgIpc) is 2.29. The van der Waals surface area contributed by atoms with Crippen molar-refractivity contribution in [1.82, 2.24) is 0 Å². The summed E-state index contributed by atoms with van der Waals surface area (Å²) >= 11 is 0. The van der Waals surface area contributed by atoms with Crippen LogP contribution in [0.1, 0.15) is 24.8 Å². The van der Waals surface area contributed by atoms with Crippen molar-refractivity contribution in [3.63, 3.8) is 0 Å². The van der Waals surface area contributed by atoms with Crippen LogP contribution in [0.2, 0.25) is 0 Å². The third-order valence-electron chi connectivity index (χ3n) is 4.05. The molecule has 2 aromatic rings. The Morgan fingerprint density at radius 2 is 2.00 bits per heavy atom. The van der Waals surface area contributed by atoms with Gasteiger partial charge in [0.25, 0.3) is 0 Å². The second-order valence-electron chi connectivity index (χ2n) is 4.97. The summed E-state index contributed by atoms with van der Waals surface area (Å²) in [4.78, 5) is 0. The topological polar surface area (TPSA) is 20.2 Å². The fourth-order valence-electron chi connectivity index (χ4n) is 2.71. The summed E-state index contributed by atoms with van der Waals surface area (Å²) in [6.45, 7) is 0.160. The smallest absolute Gasteiger partial charge is 0.131 e. The number of benzene rings is 2. The maximum Gasteiger partial charge on any atom is 0.131 e. The van der Waals surface area contributed by atoms with Crippen LogP contribution in [-0.4, -0.2) is 11.7 Å². The zero-order valence-corrected chi connectivity index (χ0v) is 9.62. The van der Waals surface area contributed by atoms with Gasteiger partial charge in [-0.1, -0.05) is 30.7 Å². The number of rotatable bonds is 2. The van der Waals surface area contributed by atoms with Crippen molar-refractivity contribution in [2.24, 2.45) is 0 Å². The van der Waals surface area contributed by atoms with Crippen LogP contribution in [0.5, 0.6) is 0 Å². The van der Waals surface area contributed by atoms with Gasteiger partial charge in [-0.05, 0) is 35.9 Å². The lowest BCUT2D eigenvalue weighted by Crippen LogP contribution is -2.37. The molecule has 0 atom stereocenters. The van der Waals surface area contributed by atoms with Crippen LogP contribution in [0.4, 0.5) is 4.39 Å². The Bertz CT molecular complexity index is 552. The van der Waals surface area contributed by atoms with Crippen molar-refractivity contribution in [2.75, 3.05) is 6.61 Å². The molecular weight excluding hydrogens is 215 g/mol. The van der Waals surface area contributed by atoms with E-state index < -0.39 is 0 Å². The molecule has 17 heavy (non-hydrogen) atoms. The predicted octanol–water partition coefficient (Wildman–Crippen LogP) is 3.39. The lowest BCUT2D eigenvalue weighted by Gasteiger charge is -2.41. The van der Waals surface area contributed by atoms with Crippen molar-refractivity contribution >= 4 is 10.8 Å². The van der Waals surface area contributed by atoms with Gasteiger partial charge in [0.15, 0.2) is 0 Å². The van der Waals surface area contributed by atoms with Crippen molar-refractivity contribution in [3.8, 4) is 0 Å². The first-order chi connectivity index (χ1) is 8.25. The third-order valence-corrected chi connectivity index (χ3v) is 4.05. The number of fused-ring (bicyclic) bond motifs is 1. The molecule has 0 spiro atoms. The predicted molar refractivity (Wildman–Crippen MR) is 66.5 cm³/mol. The van der Waals surface area contributed by atoms with Crippen LogP contribution in [0.25, 0.3) is 10.8 Å². The number of halogens is 1. The Morgan fingerprint density at radius 3 is 2.65 bits per heavy atom. The molecule has 0 aliphatic heterocycles. The van der Waals surface area contributed by atoms with E-state index in [4.69, 9.17) is 0 Å². The molecule has 1 saturated carbocycles. The molecule has 3 rings (SSSR count). The second kappa shape index (κ2) is 3.81. The van der Waals surface area contributed by atoms with E-state index in [2.05, 4.69) is 0 Å². The molecule has 0 amide bonds. The van der Waals surface area contributed by atoms with E-state index in [1.807, 2.05) is 24.3 Å². The lowest BCUT2D eigenvalue weighted by atomic mass is 9.65. The highest BCUT2D eigenvalue weighted by atomic mass is 19.1. The van der Waals surface area contributed by atoms with E-state index in [0.29, 0.717) is 5.39 Å². The van der Waals surface area contributed by atoms with Gasteiger partial charge < -0.3 is 5.11 Å². The van der Waals surface area contributed by atoms with Crippen LogP contribution >= 0.6 is 0 Å². The van der Waals surface area contributed by atoms with Crippen LogP contribution in [0.3, 0.4) is 0 Å². The van der Waals surface area contributed by atoms with Gasteiger partial charge in [0.2, 0.25) is 0 Å². The molecular formula is C15H15FO. The molecule has 1 N–H and O–H groups in total. The van der Waals surface area contributed by atoms with E-state index in [9.17, 15) is 9.50 Å². The van der Waals surface area contributed by atoms with Crippen LogP contribution in [0, 0.1) is 5.82 Å². The second-order valence-corrected chi connectivity index (χ2v) is 4.97. The standard InChI is InChI=1S/C15H15FO/c16-14-4-1-3-11-5-6-12(9-13(11)14)15(10-17)7-2-8-15/h1,3-6,9,17H,2,7-8,10H2. The molecule has 1 aliphatic carbocycles. The number of hydrogen-bond donors (Lipinski definition) is 1. The van der Waals surface area contributed by atoms with E-state index in [1.54, 1.807) is 6.07 Å². The average molecular weight is 230 g/mol. The van der Waals surface area contributed by atoms with Crippen molar-refractivity contribution in [1.29, 1.82) is 0 Å². The first-order valence-corrected chi connectivity index (χ1v) is 6.05. The summed E-state index contributed by atoms with van der Waals surface area (Å²) in [5, 5.41) is 11.1. The van der Waals surface area contributed by atoms with Gasteiger partial charge >= 0.3 is 0 Å². The van der Waals surface area contributed by atoms with Crippen molar-refractivity contribution in [3.05, 3.63) is 47.8 Å². The fraction of sp³-hybridized carbons (Fsp3) is 0.333. The monoisotopic (exact) mass is 230 g/mol. The summed E-state index contributed by atoms with van der Waals surface area (Å²) in [5.41, 5.74) is 0.958. The minimum atomic E-state index is -0.184. The van der Waals surface area contributed by atoms with Gasteiger partial charge in [0, 0.05) is 10.8 Å². The molecule has 0 radical (unpaired) electrons.